The highest BCUT2D eigenvalue weighted by molar-refractivity contribution is 6.44. The minimum atomic E-state index is -0.525. The third-order valence-corrected chi connectivity index (χ3v) is 3.07. The molecule has 0 fully saturated rings. The molecule has 0 bridgehead atoms. The molecule has 0 saturated carbocycles. The number of benzene rings is 2. The minimum Gasteiger partial charge on any atom is -0.431 e. The Morgan fingerprint density at radius 3 is 2.37 bits per heavy atom. The maximum Gasteiger partial charge on any atom is 0.359 e. The molecule has 0 spiro atoms. The highest BCUT2D eigenvalue weighted by atomic mass is 16.6. The molecule has 3 heteroatoms. The van der Waals surface area contributed by atoms with E-state index in [4.69, 9.17) is 4.74 Å². The number of esters is 1. The zero-order valence-electron chi connectivity index (χ0n) is 10.5. The summed E-state index contributed by atoms with van der Waals surface area (Å²) in [6.07, 6.45) is -0.525. The number of hydrogen-bond acceptors (Lipinski definition) is 3. The van der Waals surface area contributed by atoms with E-state index in [-0.39, 0.29) is 5.97 Å². The van der Waals surface area contributed by atoms with Crippen LogP contribution in [0, 0.1) is 6.92 Å². The topological polar surface area (TPSA) is 38.7 Å². The Kier molecular flexibility index (Phi) is 2.88. The normalized spacial score (nSPS) is 18.1. The summed E-state index contributed by atoms with van der Waals surface area (Å²) in [5.74, 6) is -0.364. The van der Waals surface area contributed by atoms with Gasteiger partial charge in [-0.2, -0.15) is 0 Å². The molecule has 0 N–H and O–H groups in total. The van der Waals surface area contributed by atoms with Gasteiger partial charge in [-0.3, -0.25) is 0 Å². The first-order valence-electron chi connectivity index (χ1n) is 6.15. The van der Waals surface area contributed by atoms with Gasteiger partial charge >= 0.3 is 5.97 Å². The van der Waals surface area contributed by atoms with Gasteiger partial charge in [-0.05, 0) is 6.92 Å². The molecular weight excluding hydrogens is 238 g/mol. The van der Waals surface area contributed by atoms with Crippen molar-refractivity contribution in [2.75, 3.05) is 0 Å². The monoisotopic (exact) mass is 251 g/mol. The van der Waals surface area contributed by atoms with E-state index >= 15 is 0 Å². The molecule has 1 unspecified atom stereocenters. The molecule has 3 rings (SSSR count). The van der Waals surface area contributed by atoms with E-state index in [9.17, 15) is 4.79 Å². The van der Waals surface area contributed by atoms with Crippen molar-refractivity contribution in [3.63, 3.8) is 0 Å². The molecule has 2 aromatic carbocycles. The molecule has 0 aliphatic carbocycles. The van der Waals surface area contributed by atoms with E-state index < -0.39 is 6.23 Å². The zero-order valence-corrected chi connectivity index (χ0v) is 10.5. The quantitative estimate of drug-likeness (QED) is 0.769. The number of nitrogens with zero attached hydrogens (tertiary/aromatic N) is 1. The van der Waals surface area contributed by atoms with Crippen LogP contribution in [-0.2, 0) is 9.53 Å². The van der Waals surface area contributed by atoms with E-state index in [2.05, 4.69) is 4.99 Å². The van der Waals surface area contributed by atoms with Gasteiger partial charge in [-0.25, -0.2) is 9.79 Å². The molecule has 1 aliphatic rings. The predicted molar refractivity (Wildman–Crippen MR) is 73.0 cm³/mol. The SMILES string of the molecule is Cc1ccc(C2N=C(c3ccccc3)C(=O)O2)cc1. The first-order chi connectivity index (χ1) is 9.24. The Morgan fingerprint density at radius 1 is 1.00 bits per heavy atom. The summed E-state index contributed by atoms with van der Waals surface area (Å²) in [7, 11) is 0. The van der Waals surface area contributed by atoms with Crippen LogP contribution in [0.1, 0.15) is 22.9 Å². The second-order valence-corrected chi connectivity index (χ2v) is 4.51. The first-order valence-corrected chi connectivity index (χ1v) is 6.15. The van der Waals surface area contributed by atoms with Crippen molar-refractivity contribution in [3.05, 3.63) is 71.3 Å². The molecule has 3 nitrogen and oxygen atoms in total. The third kappa shape index (κ3) is 2.27. The van der Waals surface area contributed by atoms with E-state index in [1.54, 1.807) is 0 Å². The molecule has 1 atom stereocenters. The lowest BCUT2D eigenvalue weighted by atomic mass is 10.1. The van der Waals surface area contributed by atoms with Crippen LogP contribution in [-0.4, -0.2) is 11.7 Å². The van der Waals surface area contributed by atoms with Crippen molar-refractivity contribution < 1.29 is 9.53 Å². The number of aryl methyl sites for hydroxylation is 1. The summed E-state index contributed by atoms with van der Waals surface area (Å²) in [6, 6.07) is 17.2. The van der Waals surface area contributed by atoms with Crippen molar-refractivity contribution >= 4 is 11.7 Å². The van der Waals surface area contributed by atoms with Crippen molar-refractivity contribution in [1.29, 1.82) is 0 Å². The van der Waals surface area contributed by atoms with Gasteiger partial charge in [0.15, 0.2) is 5.71 Å². The summed E-state index contributed by atoms with van der Waals surface area (Å²) in [6.45, 7) is 2.02. The Labute approximate surface area is 111 Å². The molecule has 1 aliphatic heterocycles. The highest BCUT2D eigenvalue weighted by Crippen LogP contribution is 2.26. The molecule has 0 amide bonds. The average Bonchev–Trinajstić information content (AvgIpc) is 2.83. The lowest BCUT2D eigenvalue weighted by Crippen LogP contribution is -2.11. The van der Waals surface area contributed by atoms with Gasteiger partial charge in [-0.1, -0.05) is 60.2 Å². The van der Waals surface area contributed by atoms with Gasteiger partial charge < -0.3 is 4.74 Å². The van der Waals surface area contributed by atoms with Crippen LogP contribution >= 0.6 is 0 Å². The van der Waals surface area contributed by atoms with Crippen LogP contribution in [0.4, 0.5) is 0 Å². The number of carbonyl (C=O) groups is 1. The van der Waals surface area contributed by atoms with E-state index in [0.29, 0.717) is 5.71 Å². The van der Waals surface area contributed by atoms with Crippen LogP contribution in [0.25, 0.3) is 0 Å². The number of ether oxygens (including phenoxy) is 1. The van der Waals surface area contributed by atoms with Crippen LogP contribution in [0.2, 0.25) is 0 Å². The van der Waals surface area contributed by atoms with Crippen LogP contribution in [0.3, 0.4) is 0 Å². The van der Waals surface area contributed by atoms with Gasteiger partial charge in [0.1, 0.15) is 0 Å². The second kappa shape index (κ2) is 4.69. The van der Waals surface area contributed by atoms with E-state index in [0.717, 1.165) is 11.1 Å². The van der Waals surface area contributed by atoms with Gasteiger partial charge in [-0.15, -0.1) is 0 Å². The summed E-state index contributed by atoms with van der Waals surface area (Å²) >= 11 is 0. The van der Waals surface area contributed by atoms with Gasteiger partial charge in [0.2, 0.25) is 6.23 Å². The summed E-state index contributed by atoms with van der Waals surface area (Å²) in [5, 5.41) is 0. The maximum absolute atomic E-state index is 11.9. The molecule has 0 saturated heterocycles. The Morgan fingerprint density at radius 2 is 1.68 bits per heavy atom. The predicted octanol–water partition coefficient (Wildman–Crippen LogP) is 3.04. The van der Waals surface area contributed by atoms with Crippen molar-refractivity contribution in [1.82, 2.24) is 0 Å². The lowest BCUT2D eigenvalue weighted by molar-refractivity contribution is -0.137. The molecule has 19 heavy (non-hydrogen) atoms. The molecular formula is C16H13NO2. The Balaban J connectivity index is 1.93. The Hall–Kier alpha value is -2.42. The fraction of sp³-hybridized carbons (Fsp3) is 0.125. The van der Waals surface area contributed by atoms with Crippen molar-refractivity contribution in [2.45, 2.75) is 13.2 Å². The summed E-state index contributed by atoms with van der Waals surface area (Å²) in [4.78, 5) is 16.3. The van der Waals surface area contributed by atoms with E-state index in [1.165, 1.54) is 5.56 Å². The lowest BCUT2D eigenvalue weighted by Gasteiger charge is -2.06. The van der Waals surface area contributed by atoms with Crippen LogP contribution in [0.15, 0.2) is 59.6 Å². The largest absolute Gasteiger partial charge is 0.431 e. The molecule has 0 aromatic heterocycles. The minimum absolute atomic E-state index is 0.364. The zero-order chi connectivity index (χ0) is 13.2. The summed E-state index contributed by atoms with van der Waals surface area (Å²) < 4.78 is 5.31. The molecule has 1 heterocycles. The second-order valence-electron chi connectivity index (χ2n) is 4.51. The number of rotatable bonds is 2. The number of hydrogen-bond donors (Lipinski definition) is 0. The van der Waals surface area contributed by atoms with E-state index in [1.807, 2.05) is 61.5 Å². The average molecular weight is 251 g/mol. The standard InChI is InChI=1S/C16H13NO2/c1-11-7-9-13(10-8-11)15-17-14(16(18)19-15)12-5-3-2-4-6-12/h2-10,15H,1H3. The smallest absolute Gasteiger partial charge is 0.359 e. The third-order valence-electron chi connectivity index (χ3n) is 3.07. The highest BCUT2D eigenvalue weighted by Gasteiger charge is 2.29. The molecule has 0 radical (unpaired) electrons. The van der Waals surface area contributed by atoms with Gasteiger partial charge in [0.05, 0.1) is 0 Å². The van der Waals surface area contributed by atoms with Crippen molar-refractivity contribution in [3.8, 4) is 0 Å². The van der Waals surface area contributed by atoms with Gasteiger partial charge in [0.25, 0.3) is 0 Å². The van der Waals surface area contributed by atoms with Crippen LogP contribution < -0.4 is 0 Å². The van der Waals surface area contributed by atoms with Gasteiger partial charge in [0, 0.05) is 11.1 Å². The number of aliphatic imine (C=N–C) groups is 1. The number of cyclic esters (lactones) is 1. The maximum atomic E-state index is 11.9. The van der Waals surface area contributed by atoms with Crippen LogP contribution in [0.5, 0.6) is 0 Å². The molecule has 94 valence electrons. The van der Waals surface area contributed by atoms with Crippen molar-refractivity contribution in [2.24, 2.45) is 4.99 Å². The number of carbonyl (C=O) groups excluding carboxylic acids is 1. The first kappa shape index (κ1) is 11.7. The Bertz CT molecular complexity index is 630. The molecule has 2 aromatic rings. The fourth-order valence-corrected chi connectivity index (χ4v) is 2.02. The fourth-order valence-electron chi connectivity index (χ4n) is 2.02. The summed E-state index contributed by atoms with van der Waals surface area (Å²) in [5.41, 5.74) is 3.25.